The molecule has 0 radical (unpaired) electrons. The molecule has 1 unspecified atom stereocenters. The van der Waals surface area contributed by atoms with Crippen molar-refractivity contribution in [3.8, 4) is 5.75 Å². The van der Waals surface area contributed by atoms with Crippen LogP contribution < -0.4 is 5.32 Å². The SMILES string of the molecule is Cc1ccc(NC2CCc3cccnc32)cc1O. The molecular weight excluding hydrogens is 224 g/mol. The van der Waals surface area contributed by atoms with E-state index in [0.717, 1.165) is 29.8 Å². The highest BCUT2D eigenvalue weighted by atomic mass is 16.3. The van der Waals surface area contributed by atoms with Crippen molar-refractivity contribution >= 4 is 5.69 Å². The Morgan fingerprint density at radius 2 is 2.22 bits per heavy atom. The first-order valence-corrected chi connectivity index (χ1v) is 6.24. The van der Waals surface area contributed by atoms with Gasteiger partial charge in [0.05, 0.1) is 11.7 Å². The number of rotatable bonds is 2. The fourth-order valence-electron chi connectivity index (χ4n) is 2.45. The number of aromatic hydroxyl groups is 1. The topological polar surface area (TPSA) is 45.2 Å². The van der Waals surface area contributed by atoms with Crippen LogP contribution in [0, 0.1) is 6.92 Å². The highest BCUT2D eigenvalue weighted by Gasteiger charge is 2.23. The summed E-state index contributed by atoms with van der Waals surface area (Å²) in [6.45, 7) is 1.89. The minimum Gasteiger partial charge on any atom is -0.508 e. The van der Waals surface area contributed by atoms with Gasteiger partial charge in [-0.1, -0.05) is 12.1 Å². The summed E-state index contributed by atoms with van der Waals surface area (Å²) in [7, 11) is 0. The van der Waals surface area contributed by atoms with E-state index >= 15 is 0 Å². The first-order valence-electron chi connectivity index (χ1n) is 6.24. The molecule has 3 nitrogen and oxygen atoms in total. The molecule has 1 aliphatic carbocycles. The van der Waals surface area contributed by atoms with Crippen molar-refractivity contribution in [2.45, 2.75) is 25.8 Å². The molecule has 0 aliphatic heterocycles. The largest absolute Gasteiger partial charge is 0.508 e. The summed E-state index contributed by atoms with van der Waals surface area (Å²) in [4.78, 5) is 4.45. The van der Waals surface area contributed by atoms with Gasteiger partial charge in [-0.3, -0.25) is 4.98 Å². The number of phenolic OH excluding ortho intramolecular Hbond substituents is 1. The van der Waals surface area contributed by atoms with Gasteiger partial charge in [-0.05, 0) is 43.0 Å². The molecule has 92 valence electrons. The lowest BCUT2D eigenvalue weighted by Crippen LogP contribution is -2.08. The van der Waals surface area contributed by atoms with E-state index in [1.165, 1.54) is 5.56 Å². The molecule has 18 heavy (non-hydrogen) atoms. The van der Waals surface area contributed by atoms with Crippen LogP contribution in [-0.4, -0.2) is 10.1 Å². The van der Waals surface area contributed by atoms with Crippen LogP contribution in [0.3, 0.4) is 0 Å². The predicted octanol–water partition coefficient (Wildman–Crippen LogP) is 3.20. The zero-order valence-electron chi connectivity index (χ0n) is 10.4. The summed E-state index contributed by atoms with van der Waals surface area (Å²) in [6, 6.07) is 10.1. The third-order valence-corrected chi connectivity index (χ3v) is 3.51. The third-order valence-electron chi connectivity index (χ3n) is 3.51. The Bertz CT molecular complexity index is 580. The normalized spacial score (nSPS) is 17.5. The van der Waals surface area contributed by atoms with Gasteiger partial charge < -0.3 is 10.4 Å². The number of anilines is 1. The number of hydrogen-bond donors (Lipinski definition) is 2. The average molecular weight is 240 g/mol. The highest BCUT2D eigenvalue weighted by Crippen LogP contribution is 2.33. The number of nitrogens with zero attached hydrogens (tertiary/aromatic N) is 1. The average Bonchev–Trinajstić information content (AvgIpc) is 2.78. The van der Waals surface area contributed by atoms with Crippen molar-refractivity contribution in [3.63, 3.8) is 0 Å². The van der Waals surface area contributed by atoms with E-state index in [1.807, 2.05) is 31.3 Å². The second-order valence-corrected chi connectivity index (χ2v) is 4.78. The molecular formula is C15H16N2O. The van der Waals surface area contributed by atoms with E-state index in [-0.39, 0.29) is 6.04 Å². The van der Waals surface area contributed by atoms with Crippen LogP contribution in [0.2, 0.25) is 0 Å². The summed E-state index contributed by atoms with van der Waals surface area (Å²) in [6.07, 6.45) is 3.96. The van der Waals surface area contributed by atoms with Crippen molar-refractivity contribution in [1.29, 1.82) is 0 Å². The van der Waals surface area contributed by atoms with Crippen LogP contribution in [-0.2, 0) is 6.42 Å². The summed E-state index contributed by atoms with van der Waals surface area (Å²) in [5.74, 6) is 0.333. The Morgan fingerprint density at radius 3 is 3.06 bits per heavy atom. The summed E-state index contributed by atoms with van der Waals surface area (Å²) in [5, 5.41) is 13.2. The molecule has 0 fully saturated rings. The van der Waals surface area contributed by atoms with Crippen LogP contribution in [0.5, 0.6) is 5.75 Å². The van der Waals surface area contributed by atoms with Crippen LogP contribution in [0.1, 0.15) is 29.3 Å². The van der Waals surface area contributed by atoms with Gasteiger partial charge >= 0.3 is 0 Å². The summed E-state index contributed by atoms with van der Waals surface area (Å²) < 4.78 is 0. The lowest BCUT2D eigenvalue weighted by molar-refractivity contribution is 0.471. The highest BCUT2D eigenvalue weighted by molar-refractivity contribution is 5.52. The van der Waals surface area contributed by atoms with Gasteiger partial charge in [-0.2, -0.15) is 0 Å². The zero-order chi connectivity index (χ0) is 12.5. The van der Waals surface area contributed by atoms with Gasteiger partial charge in [0.2, 0.25) is 0 Å². The Labute approximate surface area is 107 Å². The van der Waals surface area contributed by atoms with Gasteiger partial charge in [0.1, 0.15) is 5.75 Å². The molecule has 0 saturated carbocycles. The molecule has 0 spiro atoms. The number of aromatic nitrogens is 1. The minimum atomic E-state index is 0.253. The summed E-state index contributed by atoms with van der Waals surface area (Å²) in [5.41, 5.74) is 4.30. The maximum Gasteiger partial charge on any atom is 0.120 e. The Hall–Kier alpha value is -2.03. The second-order valence-electron chi connectivity index (χ2n) is 4.78. The Morgan fingerprint density at radius 1 is 1.33 bits per heavy atom. The van der Waals surface area contributed by atoms with E-state index < -0.39 is 0 Å². The van der Waals surface area contributed by atoms with E-state index in [4.69, 9.17) is 0 Å². The van der Waals surface area contributed by atoms with Gasteiger partial charge in [-0.25, -0.2) is 0 Å². The molecule has 2 aromatic rings. The van der Waals surface area contributed by atoms with E-state index in [1.54, 1.807) is 6.07 Å². The monoisotopic (exact) mass is 240 g/mol. The van der Waals surface area contributed by atoms with Crippen LogP contribution >= 0.6 is 0 Å². The molecule has 0 amide bonds. The molecule has 0 bridgehead atoms. The van der Waals surface area contributed by atoms with Crippen LogP contribution in [0.15, 0.2) is 36.5 Å². The molecule has 2 N–H and O–H groups in total. The number of aryl methyl sites for hydroxylation is 2. The van der Waals surface area contributed by atoms with Gasteiger partial charge in [0.25, 0.3) is 0 Å². The fraction of sp³-hybridized carbons (Fsp3) is 0.267. The maximum atomic E-state index is 9.71. The van der Waals surface area contributed by atoms with Gasteiger partial charge in [0, 0.05) is 18.0 Å². The molecule has 1 heterocycles. The molecule has 1 aliphatic rings. The number of nitrogens with one attached hydrogen (secondary N) is 1. The van der Waals surface area contributed by atoms with Crippen molar-refractivity contribution in [1.82, 2.24) is 4.98 Å². The van der Waals surface area contributed by atoms with Crippen molar-refractivity contribution in [3.05, 3.63) is 53.3 Å². The first-order chi connectivity index (χ1) is 8.74. The standard InChI is InChI=1S/C15H16N2O/c1-10-4-6-12(9-14(10)18)17-13-7-5-11-3-2-8-16-15(11)13/h2-4,6,8-9,13,17-18H,5,7H2,1H3. The Kier molecular flexibility index (Phi) is 2.67. The second kappa shape index (κ2) is 4.33. The molecule has 1 aromatic heterocycles. The summed E-state index contributed by atoms with van der Waals surface area (Å²) >= 11 is 0. The lowest BCUT2D eigenvalue weighted by Gasteiger charge is -2.15. The Balaban J connectivity index is 1.84. The lowest BCUT2D eigenvalue weighted by atomic mass is 10.1. The number of benzene rings is 1. The molecule has 0 saturated heterocycles. The first kappa shape index (κ1) is 11.1. The van der Waals surface area contributed by atoms with E-state index in [9.17, 15) is 5.11 Å². The van der Waals surface area contributed by atoms with Gasteiger partial charge in [0.15, 0.2) is 0 Å². The van der Waals surface area contributed by atoms with Crippen molar-refractivity contribution in [2.24, 2.45) is 0 Å². The van der Waals surface area contributed by atoms with Crippen molar-refractivity contribution < 1.29 is 5.11 Å². The number of phenols is 1. The van der Waals surface area contributed by atoms with Crippen LogP contribution in [0.4, 0.5) is 5.69 Å². The quantitative estimate of drug-likeness (QED) is 0.847. The molecule has 1 aromatic carbocycles. The minimum absolute atomic E-state index is 0.253. The number of pyridine rings is 1. The van der Waals surface area contributed by atoms with Gasteiger partial charge in [-0.15, -0.1) is 0 Å². The molecule has 1 atom stereocenters. The zero-order valence-corrected chi connectivity index (χ0v) is 10.4. The molecule has 3 rings (SSSR count). The number of fused-ring (bicyclic) bond motifs is 1. The maximum absolute atomic E-state index is 9.71. The van der Waals surface area contributed by atoms with E-state index in [2.05, 4.69) is 16.4 Å². The number of hydrogen-bond acceptors (Lipinski definition) is 3. The van der Waals surface area contributed by atoms with Crippen molar-refractivity contribution in [2.75, 3.05) is 5.32 Å². The third kappa shape index (κ3) is 1.92. The smallest absolute Gasteiger partial charge is 0.120 e. The molecule has 3 heteroatoms. The van der Waals surface area contributed by atoms with Crippen LogP contribution in [0.25, 0.3) is 0 Å². The van der Waals surface area contributed by atoms with E-state index in [0.29, 0.717) is 5.75 Å². The predicted molar refractivity (Wildman–Crippen MR) is 71.8 cm³/mol. The fourth-order valence-corrected chi connectivity index (χ4v) is 2.45.